The van der Waals surface area contributed by atoms with E-state index in [9.17, 15) is 4.79 Å². The third-order valence-electron chi connectivity index (χ3n) is 3.67. The number of nitrogens with zero attached hydrogens (tertiary/aromatic N) is 2. The third-order valence-corrected chi connectivity index (χ3v) is 3.91. The molecule has 1 amide bonds. The number of ether oxygens (including phenoxy) is 1. The standard InChI is InChI=1S/C18H22ClN3O2/c1-4-5-10-22(2)14-8-9-20-16(12-14)18(23)21-15-11-13(19)6-7-17(15)24-3/h6-9,11-12H,4-5,10H2,1-3H3,(H,21,23). The summed E-state index contributed by atoms with van der Waals surface area (Å²) in [6.07, 6.45) is 3.86. The van der Waals surface area contributed by atoms with Crippen LogP contribution in [0, 0.1) is 0 Å². The van der Waals surface area contributed by atoms with Crippen LogP contribution in [0.1, 0.15) is 30.3 Å². The van der Waals surface area contributed by atoms with Crippen molar-refractivity contribution in [2.45, 2.75) is 19.8 Å². The number of halogens is 1. The second-order valence-electron chi connectivity index (χ2n) is 5.47. The minimum atomic E-state index is -0.304. The molecule has 0 aliphatic carbocycles. The molecule has 2 rings (SSSR count). The maximum Gasteiger partial charge on any atom is 0.274 e. The van der Waals surface area contributed by atoms with E-state index in [4.69, 9.17) is 16.3 Å². The van der Waals surface area contributed by atoms with Gasteiger partial charge < -0.3 is 15.0 Å². The van der Waals surface area contributed by atoms with Crippen LogP contribution >= 0.6 is 11.6 Å². The summed E-state index contributed by atoms with van der Waals surface area (Å²) in [7, 11) is 3.55. The average molecular weight is 348 g/mol. The molecule has 1 aromatic carbocycles. The van der Waals surface area contributed by atoms with Gasteiger partial charge in [-0.3, -0.25) is 9.78 Å². The molecule has 0 unspecified atom stereocenters. The number of anilines is 2. The highest BCUT2D eigenvalue weighted by Crippen LogP contribution is 2.28. The van der Waals surface area contributed by atoms with Crippen LogP contribution in [0.4, 0.5) is 11.4 Å². The molecule has 0 saturated carbocycles. The maximum absolute atomic E-state index is 12.5. The van der Waals surface area contributed by atoms with Crippen molar-refractivity contribution < 1.29 is 9.53 Å². The number of hydrogen-bond donors (Lipinski definition) is 1. The van der Waals surface area contributed by atoms with Gasteiger partial charge in [-0.15, -0.1) is 0 Å². The van der Waals surface area contributed by atoms with Gasteiger partial charge in [-0.2, -0.15) is 0 Å². The van der Waals surface area contributed by atoms with Gasteiger partial charge >= 0.3 is 0 Å². The average Bonchev–Trinajstić information content (AvgIpc) is 2.60. The molecule has 0 aliphatic rings. The smallest absolute Gasteiger partial charge is 0.274 e. The van der Waals surface area contributed by atoms with Crippen molar-refractivity contribution in [2.75, 3.05) is 30.9 Å². The Morgan fingerprint density at radius 3 is 2.83 bits per heavy atom. The van der Waals surface area contributed by atoms with E-state index in [2.05, 4.69) is 22.1 Å². The van der Waals surface area contributed by atoms with E-state index in [1.54, 1.807) is 37.6 Å². The van der Waals surface area contributed by atoms with Gasteiger partial charge in [-0.05, 0) is 36.8 Å². The van der Waals surface area contributed by atoms with Crippen LogP contribution in [-0.2, 0) is 0 Å². The quantitative estimate of drug-likeness (QED) is 0.814. The van der Waals surface area contributed by atoms with Crippen molar-refractivity contribution in [2.24, 2.45) is 0 Å². The van der Waals surface area contributed by atoms with E-state index in [1.165, 1.54) is 0 Å². The zero-order chi connectivity index (χ0) is 17.5. The number of aromatic nitrogens is 1. The van der Waals surface area contributed by atoms with E-state index in [1.807, 2.05) is 13.1 Å². The molecule has 0 atom stereocenters. The van der Waals surface area contributed by atoms with Gasteiger partial charge in [-0.1, -0.05) is 24.9 Å². The fraction of sp³-hybridized carbons (Fsp3) is 0.333. The first-order valence-electron chi connectivity index (χ1n) is 7.87. The zero-order valence-corrected chi connectivity index (χ0v) is 14.9. The molecule has 0 saturated heterocycles. The van der Waals surface area contributed by atoms with Crippen molar-refractivity contribution in [1.82, 2.24) is 4.98 Å². The number of unbranched alkanes of at least 4 members (excludes halogenated alkanes) is 1. The van der Waals surface area contributed by atoms with Gasteiger partial charge in [0, 0.05) is 30.5 Å². The van der Waals surface area contributed by atoms with Crippen molar-refractivity contribution >= 4 is 28.9 Å². The minimum absolute atomic E-state index is 0.304. The molecule has 0 aliphatic heterocycles. The van der Waals surface area contributed by atoms with Crippen molar-refractivity contribution in [3.8, 4) is 5.75 Å². The predicted molar refractivity (Wildman–Crippen MR) is 98.4 cm³/mol. The summed E-state index contributed by atoms with van der Waals surface area (Å²) < 4.78 is 5.24. The maximum atomic E-state index is 12.5. The summed E-state index contributed by atoms with van der Waals surface area (Å²) >= 11 is 5.99. The van der Waals surface area contributed by atoms with Crippen LogP contribution in [0.15, 0.2) is 36.5 Å². The highest BCUT2D eigenvalue weighted by atomic mass is 35.5. The molecule has 6 heteroatoms. The Kier molecular flexibility index (Phi) is 6.44. The second kappa shape index (κ2) is 8.55. The van der Waals surface area contributed by atoms with Crippen molar-refractivity contribution in [3.05, 3.63) is 47.2 Å². The monoisotopic (exact) mass is 347 g/mol. The molecule has 5 nitrogen and oxygen atoms in total. The van der Waals surface area contributed by atoms with Crippen LogP contribution in [-0.4, -0.2) is 31.6 Å². The van der Waals surface area contributed by atoms with Crippen molar-refractivity contribution in [3.63, 3.8) is 0 Å². The molecule has 1 N–H and O–H groups in total. The molecule has 1 heterocycles. The number of nitrogens with one attached hydrogen (secondary N) is 1. The molecule has 2 aromatic rings. The Morgan fingerprint density at radius 1 is 1.33 bits per heavy atom. The SMILES string of the molecule is CCCCN(C)c1ccnc(C(=O)Nc2cc(Cl)ccc2OC)c1. The molecule has 0 spiro atoms. The molecule has 24 heavy (non-hydrogen) atoms. The van der Waals surface area contributed by atoms with E-state index < -0.39 is 0 Å². The fourth-order valence-corrected chi connectivity index (χ4v) is 2.44. The lowest BCUT2D eigenvalue weighted by Crippen LogP contribution is -2.20. The highest BCUT2D eigenvalue weighted by molar-refractivity contribution is 6.31. The van der Waals surface area contributed by atoms with Crippen LogP contribution < -0.4 is 15.0 Å². The van der Waals surface area contributed by atoms with Crippen LogP contribution in [0.5, 0.6) is 5.75 Å². The van der Waals surface area contributed by atoms with Gasteiger partial charge in [0.25, 0.3) is 5.91 Å². The highest BCUT2D eigenvalue weighted by Gasteiger charge is 2.13. The number of amides is 1. The van der Waals surface area contributed by atoms with E-state index in [0.717, 1.165) is 25.1 Å². The molecule has 0 radical (unpaired) electrons. The van der Waals surface area contributed by atoms with E-state index in [0.29, 0.717) is 22.2 Å². The lowest BCUT2D eigenvalue weighted by Gasteiger charge is -2.19. The normalized spacial score (nSPS) is 10.3. The van der Waals surface area contributed by atoms with Gasteiger partial charge in [0.05, 0.1) is 12.8 Å². The van der Waals surface area contributed by atoms with Gasteiger partial charge in [0.2, 0.25) is 0 Å². The predicted octanol–water partition coefficient (Wildman–Crippen LogP) is 4.23. The first-order valence-corrected chi connectivity index (χ1v) is 8.25. The second-order valence-corrected chi connectivity index (χ2v) is 5.91. The summed E-state index contributed by atoms with van der Waals surface area (Å²) in [4.78, 5) is 18.8. The van der Waals surface area contributed by atoms with Crippen molar-refractivity contribution in [1.29, 1.82) is 0 Å². The molecule has 0 fully saturated rings. The number of benzene rings is 1. The molecule has 1 aromatic heterocycles. The van der Waals surface area contributed by atoms with Crippen LogP contribution in [0.25, 0.3) is 0 Å². The Morgan fingerprint density at radius 2 is 2.12 bits per heavy atom. The number of carbonyl (C=O) groups is 1. The molecule has 128 valence electrons. The Balaban J connectivity index is 2.17. The zero-order valence-electron chi connectivity index (χ0n) is 14.2. The van der Waals surface area contributed by atoms with Gasteiger partial charge in [0.1, 0.15) is 11.4 Å². The summed E-state index contributed by atoms with van der Waals surface area (Å²) in [5.41, 5.74) is 1.82. The molecular formula is C18H22ClN3O2. The molecule has 0 bridgehead atoms. The summed E-state index contributed by atoms with van der Waals surface area (Å²) in [6.45, 7) is 3.08. The fourth-order valence-electron chi connectivity index (χ4n) is 2.27. The van der Waals surface area contributed by atoms with E-state index >= 15 is 0 Å². The number of methoxy groups -OCH3 is 1. The largest absolute Gasteiger partial charge is 0.495 e. The van der Waals surface area contributed by atoms with Crippen LogP contribution in [0.2, 0.25) is 5.02 Å². The number of carbonyl (C=O) groups excluding carboxylic acids is 1. The number of rotatable bonds is 7. The first-order chi connectivity index (χ1) is 11.5. The van der Waals surface area contributed by atoms with Gasteiger partial charge in [0.15, 0.2) is 0 Å². The van der Waals surface area contributed by atoms with E-state index in [-0.39, 0.29) is 5.91 Å². The summed E-state index contributed by atoms with van der Waals surface area (Å²) in [5.74, 6) is 0.241. The van der Waals surface area contributed by atoms with Crippen LogP contribution in [0.3, 0.4) is 0 Å². The number of pyridine rings is 1. The first kappa shape index (κ1) is 18.1. The van der Waals surface area contributed by atoms with Gasteiger partial charge in [-0.25, -0.2) is 0 Å². The lowest BCUT2D eigenvalue weighted by molar-refractivity contribution is 0.102. The summed E-state index contributed by atoms with van der Waals surface area (Å²) in [5, 5.41) is 3.32. The Labute approximate surface area is 147 Å². The minimum Gasteiger partial charge on any atom is -0.495 e. The number of hydrogen-bond acceptors (Lipinski definition) is 4. The third kappa shape index (κ3) is 4.61. The Hall–Kier alpha value is -2.27. The topological polar surface area (TPSA) is 54.5 Å². The Bertz CT molecular complexity index is 706. The lowest BCUT2D eigenvalue weighted by atomic mass is 10.2. The summed E-state index contributed by atoms with van der Waals surface area (Å²) in [6, 6.07) is 8.74. The molecular weight excluding hydrogens is 326 g/mol.